The first-order chi connectivity index (χ1) is 9.72. The molecule has 116 valence electrons. The van der Waals surface area contributed by atoms with Gasteiger partial charge >= 0.3 is 5.97 Å². The van der Waals surface area contributed by atoms with Crippen LogP contribution in [0.15, 0.2) is 4.90 Å². The van der Waals surface area contributed by atoms with Gasteiger partial charge in [0, 0.05) is 30.3 Å². The number of hydrogen-bond acceptors (Lipinski definition) is 4. The summed E-state index contributed by atoms with van der Waals surface area (Å²) in [5.41, 5.74) is 0.314. The van der Waals surface area contributed by atoms with Gasteiger partial charge in [-0.2, -0.15) is 0 Å². The number of carboxylic acid groups (broad SMARTS) is 1. The Balaban J connectivity index is 2.28. The van der Waals surface area contributed by atoms with Crippen molar-refractivity contribution in [2.24, 2.45) is 0 Å². The fraction of sp³-hybridized carbons (Fsp3) is 0.500. The molecule has 2 heterocycles. The van der Waals surface area contributed by atoms with E-state index in [0.29, 0.717) is 6.42 Å². The van der Waals surface area contributed by atoms with Crippen LogP contribution < -0.4 is 10.0 Å². The molecule has 8 nitrogen and oxygen atoms in total. The number of nitrogens with one attached hydrogen (secondary N) is 3. The monoisotopic (exact) mass is 315 g/mol. The molecule has 1 aromatic heterocycles. The third-order valence-electron chi connectivity index (χ3n) is 3.44. The molecule has 1 atom stereocenters. The number of aromatic nitrogens is 1. The lowest BCUT2D eigenvalue weighted by Crippen LogP contribution is -2.47. The summed E-state index contributed by atoms with van der Waals surface area (Å²) in [6, 6.07) is -0.394. The Kier molecular flexibility index (Phi) is 4.06. The van der Waals surface area contributed by atoms with Gasteiger partial charge in [0.05, 0.1) is 0 Å². The second-order valence-electron chi connectivity index (χ2n) is 5.05. The SMILES string of the molecule is Cc1[nH]c(C(=O)O)c(C)c1S(=O)(=O)NC1CCC(=O)NC1. The van der Waals surface area contributed by atoms with E-state index in [-0.39, 0.29) is 40.7 Å². The van der Waals surface area contributed by atoms with Gasteiger partial charge < -0.3 is 15.4 Å². The smallest absolute Gasteiger partial charge is 0.352 e. The van der Waals surface area contributed by atoms with Crippen LogP contribution in [0.5, 0.6) is 0 Å². The predicted molar refractivity (Wildman–Crippen MR) is 73.6 cm³/mol. The van der Waals surface area contributed by atoms with E-state index >= 15 is 0 Å². The summed E-state index contributed by atoms with van der Waals surface area (Å²) < 4.78 is 27.4. The van der Waals surface area contributed by atoms with Gasteiger partial charge in [-0.05, 0) is 20.3 Å². The Morgan fingerprint density at radius 1 is 1.38 bits per heavy atom. The molecule has 1 fully saturated rings. The van der Waals surface area contributed by atoms with Gasteiger partial charge in [0.1, 0.15) is 10.6 Å². The fourth-order valence-corrected chi connectivity index (χ4v) is 4.18. The molecule has 0 aliphatic carbocycles. The first-order valence-corrected chi connectivity index (χ1v) is 7.92. The number of H-pyrrole nitrogens is 1. The summed E-state index contributed by atoms with van der Waals surface area (Å²) in [6.45, 7) is 3.19. The van der Waals surface area contributed by atoms with E-state index in [1.807, 2.05) is 0 Å². The Hall–Kier alpha value is -1.87. The van der Waals surface area contributed by atoms with E-state index in [4.69, 9.17) is 5.11 Å². The number of aromatic amines is 1. The van der Waals surface area contributed by atoms with E-state index in [1.165, 1.54) is 13.8 Å². The number of hydrogen-bond donors (Lipinski definition) is 4. The molecule has 9 heteroatoms. The molecular formula is C12H17N3O5S. The molecule has 1 aliphatic rings. The Bertz CT molecular complexity index is 682. The van der Waals surface area contributed by atoms with Crippen molar-refractivity contribution in [1.29, 1.82) is 0 Å². The number of aromatic carboxylic acids is 1. The molecular weight excluding hydrogens is 298 g/mol. The van der Waals surface area contributed by atoms with Gasteiger partial charge in [-0.1, -0.05) is 0 Å². The van der Waals surface area contributed by atoms with Gasteiger partial charge in [-0.25, -0.2) is 17.9 Å². The maximum atomic E-state index is 12.4. The molecule has 0 bridgehead atoms. The van der Waals surface area contributed by atoms with Crippen molar-refractivity contribution in [3.05, 3.63) is 17.0 Å². The Morgan fingerprint density at radius 3 is 2.52 bits per heavy atom. The summed E-state index contributed by atoms with van der Waals surface area (Å²) in [7, 11) is -3.85. The minimum absolute atomic E-state index is 0.0446. The van der Waals surface area contributed by atoms with Crippen molar-refractivity contribution in [2.75, 3.05) is 6.54 Å². The lowest BCUT2D eigenvalue weighted by atomic mass is 10.1. The zero-order valence-corrected chi connectivity index (χ0v) is 12.5. The highest BCUT2D eigenvalue weighted by atomic mass is 32.2. The highest BCUT2D eigenvalue weighted by Gasteiger charge is 2.29. The van der Waals surface area contributed by atoms with Crippen LogP contribution in [-0.4, -0.2) is 43.0 Å². The maximum Gasteiger partial charge on any atom is 0.352 e. The third kappa shape index (κ3) is 3.08. The normalized spacial score (nSPS) is 19.3. The Labute approximate surface area is 122 Å². The molecule has 1 amide bonds. The quantitative estimate of drug-likeness (QED) is 0.616. The number of amides is 1. The first kappa shape index (κ1) is 15.5. The van der Waals surface area contributed by atoms with Crippen molar-refractivity contribution in [3.8, 4) is 0 Å². The number of aryl methyl sites for hydroxylation is 1. The molecule has 1 aliphatic heterocycles. The summed E-state index contributed by atoms with van der Waals surface area (Å²) in [5.74, 6) is -1.31. The summed E-state index contributed by atoms with van der Waals surface area (Å²) in [6.07, 6.45) is 0.679. The average Bonchev–Trinajstić information content (AvgIpc) is 2.68. The minimum atomic E-state index is -3.85. The van der Waals surface area contributed by atoms with Crippen LogP contribution in [0, 0.1) is 13.8 Å². The molecule has 0 radical (unpaired) electrons. The van der Waals surface area contributed by atoms with Crippen molar-refractivity contribution in [2.45, 2.75) is 37.6 Å². The zero-order chi connectivity index (χ0) is 15.8. The first-order valence-electron chi connectivity index (χ1n) is 6.44. The molecule has 0 saturated carbocycles. The highest BCUT2D eigenvalue weighted by molar-refractivity contribution is 7.89. The number of sulfonamides is 1. The van der Waals surface area contributed by atoms with Crippen LogP contribution in [0.2, 0.25) is 0 Å². The van der Waals surface area contributed by atoms with Crippen LogP contribution in [0.25, 0.3) is 0 Å². The van der Waals surface area contributed by atoms with Crippen LogP contribution in [-0.2, 0) is 14.8 Å². The molecule has 1 saturated heterocycles. The van der Waals surface area contributed by atoms with E-state index in [9.17, 15) is 18.0 Å². The van der Waals surface area contributed by atoms with E-state index < -0.39 is 22.0 Å². The molecule has 21 heavy (non-hydrogen) atoms. The van der Waals surface area contributed by atoms with E-state index in [2.05, 4.69) is 15.0 Å². The van der Waals surface area contributed by atoms with Crippen LogP contribution >= 0.6 is 0 Å². The largest absolute Gasteiger partial charge is 0.477 e. The molecule has 1 aromatic rings. The average molecular weight is 315 g/mol. The second-order valence-corrected chi connectivity index (χ2v) is 6.70. The highest BCUT2D eigenvalue weighted by Crippen LogP contribution is 2.23. The Morgan fingerprint density at radius 2 is 2.05 bits per heavy atom. The number of piperidine rings is 1. The molecule has 0 aromatic carbocycles. The predicted octanol–water partition coefficient (Wildman–Crippen LogP) is -0.113. The van der Waals surface area contributed by atoms with E-state index in [0.717, 1.165) is 0 Å². The van der Waals surface area contributed by atoms with E-state index in [1.54, 1.807) is 0 Å². The van der Waals surface area contributed by atoms with Gasteiger partial charge in [-0.15, -0.1) is 0 Å². The fourth-order valence-electron chi connectivity index (χ4n) is 2.46. The van der Waals surface area contributed by atoms with Crippen molar-refractivity contribution in [1.82, 2.24) is 15.0 Å². The summed E-state index contributed by atoms with van der Waals surface area (Å²) in [4.78, 5) is 24.6. The summed E-state index contributed by atoms with van der Waals surface area (Å²) in [5, 5.41) is 11.6. The van der Waals surface area contributed by atoms with Crippen LogP contribution in [0.4, 0.5) is 0 Å². The minimum Gasteiger partial charge on any atom is -0.477 e. The van der Waals surface area contributed by atoms with Gasteiger partial charge in [0.25, 0.3) is 0 Å². The molecule has 4 N–H and O–H groups in total. The number of carboxylic acids is 1. The van der Waals surface area contributed by atoms with Gasteiger partial charge in [0.15, 0.2) is 0 Å². The standard InChI is InChI=1S/C12H17N3O5S/c1-6-10(12(17)18)14-7(2)11(6)21(19,20)15-8-3-4-9(16)13-5-8/h8,14-15H,3-5H2,1-2H3,(H,13,16)(H,17,18). The van der Waals surface area contributed by atoms with Crippen molar-refractivity contribution < 1.29 is 23.1 Å². The second kappa shape index (κ2) is 5.49. The zero-order valence-electron chi connectivity index (χ0n) is 11.7. The molecule has 2 rings (SSSR count). The summed E-state index contributed by atoms with van der Waals surface area (Å²) >= 11 is 0. The number of carbonyl (C=O) groups excluding carboxylic acids is 1. The topological polar surface area (TPSA) is 128 Å². The van der Waals surface area contributed by atoms with Crippen molar-refractivity contribution >= 4 is 21.9 Å². The maximum absolute atomic E-state index is 12.4. The lowest BCUT2D eigenvalue weighted by Gasteiger charge is -2.23. The number of rotatable bonds is 4. The number of carbonyl (C=O) groups is 2. The van der Waals surface area contributed by atoms with Crippen LogP contribution in [0.3, 0.4) is 0 Å². The van der Waals surface area contributed by atoms with Gasteiger partial charge in [0.2, 0.25) is 15.9 Å². The lowest BCUT2D eigenvalue weighted by molar-refractivity contribution is -0.122. The molecule has 0 spiro atoms. The molecule has 1 unspecified atom stereocenters. The third-order valence-corrected chi connectivity index (χ3v) is 5.23. The van der Waals surface area contributed by atoms with Gasteiger partial charge in [-0.3, -0.25) is 4.79 Å². The van der Waals surface area contributed by atoms with Crippen molar-refractivity contribution in [3.63, 3.8) is 0 Å². The van der Waals surface area contributed by atoms with Crippen LogP contribution in [0.1, 0.15) is 34.6 Å².